The van der Waals surface area contributed by atoms with Crippen LogP contribution < -0.4 is 0 Å². The molecule has 0 N–H and O–H groups in total. The second-order valence-corrected chi connectivity index (χ2v) is 15.4. The number of ether oxygens (including phenoxy) is 3. The Bertz CT molecular complexity index is 1400. The van der Waals surface area contributed by atoms with E-state index in [9.17, 15) is 14.4 Å². The SMILES string of the molecule is CC\C=C/C=C\C=C/C=C\C=C\C=C/C=C\CCCCCC(=O)OCC(COC(=O)CCC/C=C\CCCCCC)OC(=O)CCCCCCCC/C=C\C/C=C\C/C=C\CC. The summed E-state index contributed by atoms with van der Waals surface area (Å²) in [6, 6.07) is 0. The Kier molecular flexibility index (Phi) is 45.7. The van der Waals surface area contributed by atoms with E-state index < -0.39 is 6.10 Å². The fourth-order valence-electron chi connectivity index (χ4n) is 5.97. The van der Waals surface area contributed by atoms with Crippen LogP contribution in [-0.4, -0.2) is 37.2 Å². The first-order valence-corrected chi connectivity index (χ1v) is 24.3. The van der Waals surface area contributed by atoms with Gasteiger partial charge in [0, 0.05) is 19.3 Å². The Morgan fingerprint density at radius 2 is 0.726 bits per heavy atom. The molecule has 0 rings (SSSR count). The molecule has 0 aliphatic carbocycles. The van der Waals surface area contributed by atoms with Gasteiger partial charge in [-0.1, -0.05) is 206 Å². The van der Waals surface area contributed by atoms with Gasteiger partial charge in [0.15, 0.2) is 6.10 Å². The van der Waals surface area contributed by atoms with Gasteiger partial charge in [-0.2, -0.15) is 0 Å². The molecule has 1 atom stereocenters. The van der Waals surface area contributed by atoms with Crippen molar-refractivity contribution in [2.45, 2.75) is 187 Å². The van der Waals surface area contributed by atoms with E-state index >= 15 is 0 Å². The number of hydrogen-bond donors (Lipinski definition) is 0. The highest BCUT2D eigenvalue weighted by Crippen LogP contribution is 2.12. The van der Waals surface area contributed by atoms with Crippen molar-refractivity contribution in [1.82, 2.24) is 0 Å². The molecule has 1 unspecified atom stereocenters. The molecule has 62 heavy (non-hydrogen) atoms. The molecule has 0 heterocycles. The van der Waals surface area contributed by atoms with E-state index in [1.165, 1.54) is 38.5 Å². The summed E-state index contributed by atoms with van der Waals surface area (Å²) in [5, 5.41) is 0. The Balaban J connectivity index is 4.52. The van der Waals surface area contributed by atoms with Crippen LogP contribution in [-0.2, 0) is 28.6 Å². The zero-order valence-electron chi connectivity index (χ0n) is 39.3. The van der Waals surface area contributed by atoms with Crippen molar-refractivity contribution >= 4 is 17.9 Å². The molecule has 0 aliphatic heterocycles. The van der Waals surface area contributed by atoms with Crippen LogP contribution in [0.2, 0.25) is 0 Å². The second kappa shape index (κ2) is 49.2. The second-order valence-electron chi connectivity index (χ2n) is 15.4. The first kappa shape index (κ1) is 57.5. The number of unbranched alkanes of at least 4 members (excludes halogenated alkanes) is 14. The van der Waals surface area contributed by atoms with E-state index in [4.69, 9.17) is 14.2 Å². The number of carbonyl (C=O) groups excluding carboxylic acids is 3. The summed E-state index contributed by atoms with van der Waals surface area (Å²) >= 11 is 0. The maximum atomic E-state index is 12.8. The lowest BCUT2D eigenvalue weighted by molar-refractivity contribution is -0.167. The number of hydrogen-bond acceptors (Lipinski definition) is 6. The molecule has 6 heteroatoms. The summed E-state index contributed by atoms with van der Waals surface area (Å²) in [5.74, 6) is -1.02. The van der Waals surface area contributed by atoms with Gasteiger partial charge in [0.25, 0.3) is 0 Å². The summed E-state index contributed by atoms with van der Waals surface area (Å²) < 4.78 is 16.7. The van der Waals surface area contributed by atoms with Gasteiger partial charge in [0.1, 0.15) is 13.2 Å². The maximum Gasteiger partial charge on any atom is 0.306 e. The molecular weight excluding hydrogens is 769 g/mol. The third kappa shape index (κ3) is 46.6. The van der Waals surface area contributed by atoms with Crippen LogP contribution in [0.25, 0.3) is 0 Å². The van der Waals surface area contributed by atoms with Crippen molar-refractivity contribution < 1.29 is 28.6 Å². The van der Waals surface area contributed by atoms with E-state index in [0.29, 0.717) is 25.7 Å². The lowest BCUT2D eigenvalue weighted by atomic mass is 10.1. The van der Waals surface area contributed by atoms with Gasteiger partial charge in [-0.15, -0.1) is 0 Å². The summed E-state index contributed by atoms with van der Waals surface area (Å²) in [6.45, 7) is 6.24. The Hall–Kier alpha value is -4.45. The minimum absolute atomic E-state index is 0.119. The summed E-state index contributed by atoms with van der Waals surface area (Å²) in [6.07, 6.45) is 68.7. The average molecular weight is 855 g/mol. The van der Waals surface area contributed by atoms with Crippen LogP contribution in [0.15, 0.2) is 134 Å². The van der Waals surface area contributed by atoms with Crippen molar-refractivity contribution in [3.05, 3.63) is 134 Å². The Labute approximate surface area is 379 Å². The smallest absolute Gasteiger partial charge is 0.306 e. The lowest BCUT2D eigenvalue weighted by Gasteiger charge is -2.18. The number of allylic oxidation sites excluding steroid dienone is 22. The number of carbonyl (C=O) groups is 3. The first-order valence-electron chi connectivity index (χ1n) is 24.3. The molecule has 0 saturated carbocycles. The van der Waals surface area contributed by atoms with Crippen LogP contribution >= 0.6 is 0 Å². The highest BCUT2D eigenvalue weighted by Gasteiger charge is 2.19. The third-order valence-corrected chi connectivity index (χ3v) is 9.56. The molecule has 0 saturated heterocycles. The summed E-state index contributed by atoms with van der Waals surface area (Å²) in [7, 11) is 0. The highest BCUT2D eigenvalue weighted by atomic mass is 16.6. The molecular formula is C56H86O6. The molecule has 0 spiro atoms. The molecule has 0 fully saturated rings. The molecule has 0 bridgehead atoms. The molecule has 6 nitrogen and oxygen atoms in total. The quantitative estimate of drug-likeness (QED) is 0.0200. The van der Waals surface area contributed by atoms with Gasteiger partial charge in [-0.05, 0) is 89.9 Å². The minimum atomic E-state index is -0.818. The van der Waals surface area contributed by atoms with Gasteiger partial charge in [0.2, 0.25) is 0 Å². The summed E-state index contributed by atoms with van der Waals surface area (Å²) in [4.78, 5) is 37.8. The predicted molar refractivity (Wildman–Crippen MR) is 265 cm³/mol. The van der Waals surface area contributed by atoms with Crippen molar-refractivity contribution in [2.75, 3.05) is 13.2 Å². The van der Waals surface area contributed by atoms with Gasteiger partial charge >= 0.3 is 17.9 Å². The van der Waals surface area contributed by atoms with Crippen molar-refractivity contribution in [2.24, 2.45) is 0 Å². The van der Waals surface area contributed by atoms with Crippen molar-refractivity contribution in [1.29, 1.82) is 0 Å². The fourth-order valence-corrected chi connectivity index (χ4v) is 5.97. The van der Waals surface area contributed by atoms with Gasteiger partial charge in [-0.3, -0.25) is 14.4 Å². The van der Waals surface area contributed by atoms with E-state index in [1.807, 2.05) is 72.9 Å². The minimum Gasteiger partial charge on any atom is -0.462 e. The van der Waals surface area contributed by atoms with Gasteiger partial charge < -0.3 is 14.2 Å². The van der Waals surface area contributed by atoms with Gasteiger partial charge in [0.05, 0.1) is 0 Å². The molecule has 0 radical (unpaired) electrons. The largest absolute Gasteiger partial charge is 0.462 e. The lowest BCUT2D eigenvalue weighted by Crippen LogP contribution is -2.30. The Morgan fingerprint density at radius 3 is 1.27 bits per heavy atom. The van der Waals surface area contributed by atoms with E-state index in [0.717, 1.165) is 96.3 Å². The van der Waals surface area contributed by atoms with Crippen molar-refractivity contribution in [3.8, 4) is 0 Å². The number of esters is 3. The maximum absolute atomic E-state index is 12.8. The predicted octanol–water partition coefficient (Wildman–Crippen LogP) is 15.9. The molecule has 346 valence electrons. The van der Waals surface area contributed by atoms with Crippen LogP contribution in [0, 0.1) is 0 Å². The average Bonchev–Trinajstić information content (AvgIpc) is 3.27. The normalized spacial score (nSPS) is 13.3. The van der Waals surface area contributed by atoms with Crippen molar-refractivity contribution in [3.63, 3.8) is 0 Å². The molecule has 0 aromatic carbocycles. The van der Waals surface area contributed by atoms with E-state index in [2.05, 4.69) is 81.5 Å². The first-order chi connectivity index (χ1) is 30.5. The topological polar surface area (TPSA) is 78.9 Å². The molecule has 0 aliphatic rings. The number of rotatable bonds is 41. The Morgan fingerprint density at radius 1 is 0.355 bits per heavy atom. The monoisotopic (exact) mass is 855 g/mol. The third-order valence-electron chi connectivity index (χ3n) is 9.56. The molecule has 0 aromatic rings. The summed E-state index contributed by atoms with van der Waals surface area (Å²) in [5.41, 5.74) is 0. The standard InChI is InChI=1S/C56H86O6/c1-4-7-10-13-16-19-21-23-25-27-28-29-31-32-34-37-40-43-46-49-55(58)61-52-53(51-60-54(57)48-45-42-39-36-18-15-12-9-6-3)62-56(59)50-47-44-41-38-35-33-30-26-24-22-20-17-14-11-8-5-2/h7-8,10-11,13,16-17,19-21,23-29,31-32,34,36,39,53H,4-6,9,12,14-15,18,22,30,33,35,37-38,40-52H2,1-3H3/b10-7-,11-8-,16-13-,20-17-,21-19-,25-23-,26-24-,28-27+,31-29-,34-32-,39-36-. The van der Waals surface area contributed by atoms with E-state index in [1.54, 1.807) is 0 Å². The molecule has 0 aromatic heterocycles. The van der Waals surface area contributed by atoms with Crippen LogP contribution in [0.4, 0.5) is 0 Å². The van der Waals surface area contributed by atoms with Crippen LogP contribution in [0.5, 0.6) is 0 Å². The molecule has 0 amide bonds. The zero-order valence-corrected chi connectivity index (χ0v) is 39.3. The zero-order chi connectivity index (χ0) is 45.1. The van der Waals surface area contributed by atoms with Crippen LogP contribution in [0.3, 0.4) is 0 Å². The fraction of sp³-hybridized carbons (Fsp3) is 0.554. The van der Waals surface area contributed by atoms with E-state index in [-0.39, 0.29) is 31.1 Å². The van der Waals surface area contributed by atoms with Crippen LogP contribution in [0.1, 0.15) is 181 Å². The highest BCUT2D eigenvalue weighted by molar-refractivity contribution is 5.71. The van der Waals surface area contributed by atoms with Gasteiger partial charge in [-0.25, -0.2) is 0 Å².